The fraction of sp³-hybridized carbons (Fsp3) is 0. The summed E-state index contributed by atoms with van der Waals surface area (Å²) in [5.41, 5.74) is 5.99. The van der Waals surface area contributed by atoms with Gasteiger partial charge in [-0.1, -0.05) is 0 Å². The van der Waals surface area contributed by atoms with Gasteiger partial charge in [0.1, 0.15) is 17.0 Å². The second kappa shape index (κ2) is 3.15. The molecule has 0 aliphatic rings. The van der Waals surface area contributed by atoms with Crippen molar-refractivity contribution in [2.45, 2.75) is 0 Å². The Morgan fingerprint density at radius 2 is 1.88 bits per heavy atom. The lowest BCUT2D eigenvalue weighted by atomic mass is 10.1. The predicted octanol–water partition coefficient (Wildman–Crippen LogP) is 3.64. The summed E-state index contributed by atoms with van der Waals surface area (Å²) in [4.78, 5) is 9.36. The molecule has 2 N–H and O–H groups in total. The SMILES string of the molecule is Nc1ncnc2sc3ccc4sccc4c3c12. The molecule has 0 atom stereocenters. The Balaban J connectivity index is 2.43. The van der Waals surface area contributed by atoms with E-state index in [-0.39, 0.29) is 0 Å². The zero-order valence-corrected chi connectivity index (χ0v) is 10.3. The highest BCUT2D eigenvalue weighted by Gasteiger charge is 2.12. The van der Waals surface area contributed by atoms with Crippen LogP contribution in [0.25, 0.3) is 30.4 Å². The summed E-state index contributed by atoms with van der Waals surface area (Å²) in [6.45, 7) is 0. The Hall–Kier alpha value is -1.72. The van der Waals surface area contributed by atoms with Gasteiger partial charge < -0.3 is 5.73 Å². The maximum absolute atomic E-state index is 5.99. The standard InChI is InChI=1S/C12H7N3S2/c13-11-10-9-6-3-4-16-7(6)1-2-8(9)17-12(10)15-5-14-11/h1-5H,(H2,13,14,15). The molecule has 0 aliphatic carbocycles. The molecule has 3 nitrogen and oxygen atoms in total. The van der Waals surface area contributed by atoms with E-state index in [1.807, 2.05) is 0 Å². The van der Waals surface area contributed by atoms with Crippen LogP contribution in [0, 0.1) is 0 Å². The predicted molar refractivity (Wildman–Crippen MR) is 74.7 cm³/mol. The van der Waals surface area contributed by atoms with Crippen molar-refractivity contribution in [3.05, 3.63) is 29.9 Å². The van der Waals surface area contributed by atoms with Gasteiger partial charge in [0.25, 0.3) is 0 Å². The molecule has 0 saturated carbocycles. The van der Waals surface area contributed by atoms with Gasteiger partial charge in [-0.3, -0.25) is 0 Å². The van der Waals surface area contributed by atoms with Crippen LogP contribution in [0.1, 0.15) is 0 Å². The van der Waals surface area contributed by atoms with Gasteiger partial charge in [-0.05, 0) is 23.6 Å². The molecule has 0 amide bonds. The number of thiophene rings is 2. The minimum atomic E-state index is 0.569. The summed E-state index contributed by atoms with van der Waals surface area (Å²) in [6.07, 6.45) is 1.53. The highest BCUT2D eigenvalue weighted by Crippen LogP contribution is 2.40. The molecule has 0 saturated heterocycles. The molecule has 82 valence electrons. The minimum Gasteiger partial charge on any atom is -0.383 e. The Morgan fingerprint density at radius 3 is 2.82 bits per heavy atom. The van der Waals surface area contributed by atoms with Gasteiger partial charge in [-0.2, -0.15) is 0 Å². The van der Waals surface area contributed by atoms with Crippen molar-refractivity contribution in [1.29, 1.82) is 0 Å². The first-order valence-corrected chi connectivity index (χ1v) is 6.83. The van der Waals surface area contributed by atoms with E-state index in [0.717, 1.165) is 10.2 Å². The van der Waals surface area contributed by atoms with Crippen LogP contribution >= 0.6 is 22.7 Å². The average Bonchev–Trinajstić information content (AvgIpc) is 2.91. The lowest BCUT2D eigenvalue weighted by Crippen LogP contribution is -1.90. The fourth-order valence-corrected chi connectivity index (χ4v) is 4.03. The molecular weight excluding hydrogens is 250 g/mol. The monoisotopic (exact) mass is 257 g/mol. The van der Waals surface area contributed by atoms with Crippen LogP contribution in [0.15, 0.2) is 29.9 Å². The first-order chi connectivity index (χ1) is 8.34. The topological polar surface area (TPSA) is 51.8 Å². The Kier molecular flexibility index (Phi) is 1.73. The van der Waals surface area contributed by atoms with E-state index in [1.54, 1.807) is 22.7 Å². The molecule has 4 rings (SSSR count). The summed E-state index contributed by atoms with van der Waals surface area (Å²) in [5, 5.41) is 5.55. The van der Waals surface area contributed by atoms with Gasteiger partial charge in [0.2, 0.25) is 0 Å². The van der Waals surface area contributed by atoms with E-state index < -0.39 is 0 Å². The zero-order chi connectivity index (χ0) is 11.4. The number of benzene rings is 1. The average molecular weight is 257 g/mol. The molecule has 0 fully saturated rings. The maximum Gasteiger partial charge on any atom is 0.136 e. The van der Waals surface area contributed by atoms with E-state index in [2.05, 4.69) is 33.5 Å². The summed E-state index contributed by atoms with van der Waals surface area (Å²) in [5.74, 6) is 0.569. The third-order valence-electron chi connectivity index (χ3n) is 2.90. The zero-order valence-electron chi connectivity index (χ0n) is 8.68. The molecule has 3 heterocycles. The van der Waals surface area contributed by atoms with Gasteiger partial charge >= 0.3 is 0 Å². The van der Waals surface area contributed by atoms with E-state index in [9.17, 15) is 0 Å². The van der Waals surface area contributed by atoms with Gasteiger partial charge in [0, 0.05) is 20.2 Å². The first-order valence-electron chi connectivity index (χ1n) is 5.13. The Labute approximate surface area is 105 Å². The molecule has 5 heteroatoms. The van der Waals surface area contributed by atoms with Crippen molar-refractivity contribution in [3.63, 3.8) is 0 Å². The number of aromatic nitrogens is 2. The largest absolute Gasteiger partial charge is 0.383 e. The molecule has 4 aromatic rings. The smallest absolute Gasteiger partial charge is 0.136 e. The normalized spacial score (nSPS) is 11.8. The number of rotatable bonds is 0. The van der Waals surface area contributed by atoms with Crippen LogP contribution in [0.3, 0.4) is 0 Å². The van der Waals surface area contributed by atoms with Crippen molar-refractivity contribution in [2.75, 3.05) is 5.73 Å². The van der Waals surface area contributed by atoms with Gasteiger partial charge in [0.15, 0.2) is 0 Å². The summed E-state index contributed by atoms with van der Waals surface area (Å²) in [6, 6.07) is 6.43. The number of nitrogens with zero attached hydrogens (tertiary/aromatic N) is 2. The summed E-state index contributed by atoms with van der Waals surface area (Å²) >= 11 is 3.41. The second-order valence-corrected chi connectivity index (χ2v) is 5.79. The molecule has 0 radical (unpaired) electrons. The Morgan fingerprint density at radius 1 is 1.00 bits per heavy atom. The molecule has 0 bridgehead atoms. The second-order valence-electron chi connectivity index (χ2n) is 3.81. The highest BCUT2D eigenvalue weighted by atomic mass is 32.1. The lowest BCUT2D eigenvalue weighted by molar-refractivity contribution is 1.24. The van der Waals surface area contributed by atoms with Crippen LogP contribution in [0.2, 0.25) is 0 Å². The van der Waals surface area contributed by atoms with Gasteiger partial charge in [0.05, 0.1) is 5.39 Å². The minimum absolute atomic E-state index is 0.569. The number of nitrogen functional groups attached to an aromatic ring is 1. The van der Waals surface area contributed by atoms with Crippen LogP contribution in [0.5, 0.6) is 0 Å². The summed E-state index contributed by atoms with van der Waals surface area (Å²) in [7, 11) is 0. The van der Waals surface area contributed by atoms with E-state index in [4.69, 9.17) is 5.73 Å². The van der Waals surface area contributed by atoms with Crippen LogP contribution in [0.4, 0.5) is 5.82 Å². The molecule has 3 aromatic heterocycles. The van der Waals surface area contributed by atoms with Crippen LogP contribution < -0.4 is 5.73 Å². The molecule has 0 unspecified atom stereocenters. The maximum atomic E-state index is 5.99. The van der Waals surface area contributed by atoms with Crippen LogP contribution in [-0.2, 0) is 0 Å². The van der Waals surface area contributed by atoms with Crippen molar-refractivity contribution in [1.82, 2.24) is 9.97 Å². The fourth-order valence-electron chi connectivity index (χ4n) is 2.17. The van der Waals surface area contributed by atoms with Crippen molar-refractivity contribution in [3.8, 4) is 0 Å². The molecular formula is C12H7N3S2. The van der Waals surface area contributed by atoms with Crippen molar-refractivity contribution in [2.24, 2.45) is 0 Å². The first kappa shape index (κ1) is 9.32. The molecule has 0 spiro atoms. The third kappa shape index (κ3) is 1.15. The van der Waals surface area contributed by atoms with Crippen molar-refractivity contribution < 1.29 is 0 Å². The number of nitrogens with two attached hydrogens (primary N) is 1. The Bertz CT molecular complexity index is 860. The van der Waals surface area contributed by atoms with Gasteiger partial charge in [-0.25, -0.2) is 9.97 Å². The number of anilines is 1. The molecule has 1 aromatic carbocycles. The molecule has 17 heavy (non-hydrogen) atoms. The number of hydrogen-bond acceptors (Lipinski definition) is 5. The molecule has 0 aliphatic heterocycles. The van der Waals surface area contributed by atoms with E-state index in [1.165, 1.54) is 26.5 Å². The van der Waals surface area contributed by atoms with E-state index >= 15 is 0 Å². The quantitative estimate of drug-likeness (QED) is 0.523. The van der Waals surface area contributed by atoms with Gasteiger partial charge in [-0.15, -0.1) is 22.7 Å². The number of hydrogen-bond donors (Lipinski definition) is 1. The van der Waals surface area contributed by atoms with Crippen LogP contribution in [-0.4, -0.2) is 9.97 Å². The summed E-state index contributed by atoms with van der Waals surface area (Å²) < 4.78 is 2.50. The number of fused-ring (bicyclic) bond motifs is 5. The van der Waals surface area contributed by atoms with E-state index in [0.29, 0.717) is 5.82 Å². The lowest BCUT2D eigenvalue weighted by Gasteiger charge is -1.96. The van der Waals surface area contributed by atoms with Crippen molar-refractivity contribution >= 4 is 58.9 Å². The highest BCUT2D eigenvalue weighted by molar-refractivity contribution is 7.26. The third-order valence-corrected chi connectivity index (χ3v) is 4.84.